The summed E-state index contributed by atoms with van der Waals surface area (Å²) >= 11 is 0. The SMILES string of the molecule is CC(C)C(=O)NC(C)(C)C(=O)NCCOc1ccc(C(F)(F)F)c(F)c1. The van der Waals surface area contributed by atoms with Gasteiger partial charge in [-0.05, 0) is 26.0 Å². The van der Waals surface area contributed by atoms with Gasteiger partial charge in [0.25, 0.3) is 0 Å². The van der Waals surface area contributed by atoms with Gasteiger partial charge >= 0.3 is 6.18 Å². The molecule has 0 bridgehead atoms. The minimum absolute atomic E-state index is 0.0302. The van der Waals surface area contributed by atoms with Crippen molar-refractivity contribution in [1.82, 2.24) is 10.6 Å². The monoisotopic (exact) mass is 378 g/mol. The molecule has 0 fully saturated rings. The third kappa shape index (κ3) is 6.20. The molecular formula is C17H22F4N2O3. The van der Waals surface area contributed by atoms with Crippen molar-refractivity contribution in [3.63, 3.8) is 0 Å². The zero-order valence-electron chi connectivity index (χ0n) is 15.0. The van der Waals surface area contributed by atoms with Gasteiger partial charge in [0.2, 0.25) is 11.8 Å². The summed E-state index contributed by atoms with van der Waals surface area (Å²) in [5, 5.41) is 5.13. The van der Waals surface area contributed by atoms with Crippen LogP contribution < -0.4 is 15.4 Å². The number of nitrogens with one attached hydrogen (secondary N) is 2. The first-order chi connectivity index (χ1) is 11.8. The minimum Gasteiger partial charge on any atom is -0.492 e. The molecule has 1 aromatic carbocycles. The van der Waals surface area contributed by atoms with Crippen molar-refractivity contribution in [2.75, 3.05) is 13.2 Å². The average molecular weight is 378 g/mol. The Balaban J connectivity index is 2.50. The number of carbonyl (C=O) groups excluding carboxylic acids is 2. The van der Waals surface area contributed by atoms with Gasteiger partial charge < -0.3 is 15.4 Å². The van der Waals surface area contributed by atoms with Crippen LogP contribution in [-0.2, 0) is 15.8 Å². The molecule has 0 saturated carbocycles. The van der Waals surface area contributed by atoms with E-state index in [0.717, 1.165) is 6.07 Å². The lowest BCUT2D eigenvalue weighted by atomic mass is 10.0. The summed E-state index contributed by atoms with van der Waals surface area (Å²) in [6.45, 7) is 6.41. The van der Waals surface area contributed by atoms with Gasteiger partial charge in [-0.1, -0.05) is 13.8 Å². The van der Waals surface area contributed by atoms with Crippen LogP contribution in [0.5, 0.6) is 5.75 Å². The van der Waals surface area contributed by atoms with Crippen LogP contribution in [0.3, 0.4) is 0 Å². The normalized spacial score (nSPS) is 12.0. The predicted octanol–water partition coefficient (Wildman–Crippen LogP) is 2.89. The molecule has 0 unspecified atom stereocenters. The molecule has 2 N–H and O–H groups in total. The Hall–Kier alpha value is -2.32. The first-order valence-corrected chi connectivity index (χ1v) is 7.94. The van der Waals surface area contributed by atoms with Crippen molar-refractivity contribution in [2.24, 2.45) is 5.92 Å². The molecule has 0 radical (unpaired) electrons. The molecule has 2 amide bonds. The number of halogens is 4. The fraction of sp³-hybridized carbons (Fsp3) is 0.529. The van der Waals surface area contributed by atoms with E-state index in [1.54, 1.807) is 13.8 Å². The maximum atomic E-state index is 13.4. The Bertz CT molecular complexity index is 658. The maximum absolute atomic E-state index is 13.4. The molecule has 146 valence electrons. The molecule has 0 aliphatic carbocycles. The van der Waals surface area contributed by atoms with Crippen LogP contribution in [0.15, 0.2) is 18.2 Å². The van der Waals surface area contributed by atoms with E-state index in [2.05, 4.69) is 10.6 Å². The summed E-state index contributed by atoms with van der Waals surface area (Å²) in [7, 11) is 0. The molecule has 5 nitrogen and oxygen atoms in total. The fourth-order valence-corrected chi connectivity index (χ4v) is 1.88. The zero-order chi connectivity index (χ0) is 20.1. The van der Waals surface area contributed by atoms with Gasteiger partial charge in [0.05, 0.1) is 12.1 Å². The van der Waals surface area contributed by atoms with Gasteiger partial charge in [0, 0.05) is 12.0 Å². The van der Waals surface area contributed by atoms with Crippen LogP contribution in [0.25, 0.3) is 0 Å². The highest BCUT2D eigenvalue weighted by molar-refractivity contribution is 5.91. The van der Waals surface area contributed by atoms with E-state index in [4.69, 9.17) is 4.74 Å². The molecule has 26 heavy (non-hydrogen) atoms. The number of rotatable bonds is 7. The maximum Gasteiger partial charge on any atom is 0.419 e. The molecule has 0 saturated heterocycles. The van der Waals surface area contributed by atoms with E-state index in [9.17, 15) is 27.2 Å². The molecular weight excluding hydrogens is 356 g/mol. The van der Waals surface area contributed by atoms with Crippen LogP contribution in [-0.4, -0.2) is 30.5 Å². The Morgan fingerprint density at radius 2 is 1.81 bits per heavy atom. The van der Waals surface area contributed by atoms with Gasteiger partial charge in [-0.3, -0.25) is 9.59 Å². The third-order valence-electron chi connectivity index (χ3n) is 3.43. The number of hydrogen-bond donors (Lipinski definition) is 2. The highest BCUT2D eigenvalue weighted by Gasteiger charge is 2.34. The van der Waals surface area contributed by atoms with Crippen molar-refractivity contribution in [3.05, 3.63) is 29.6 Å². The van der Waals surface area contributed by atoms with Crippen LogP contribution in [0.4, 0.5) is 17.6 Å². The van der Waals surface area contributed by atoms with E-state index in [0.29, 0.717) is 12.1 Å². The number of alkyl halides is 3. The number of benzene rings is 1. The third-order valence-corrected chi connectivity index (χ3v) is 3.43. The average Bonchev–Trinajstić information content (AvgIpc) is 2.49. The summed E-state index contributed by atoms with van der Waals surface area (Å²) in [6.07, 6.45) is -4.78. The van der Waals surface area contributed by atoms with Crippen LogP contribution >= 0.6 is 0 Å². The van der Waals surface area contributed by atoms with E-state index in [-0.39, 0.29) is 30.7 Å². The standard InChI is InChI=1S/C17H22F4N2O3/c1-10(2)14(24)23-16(3,4)15(25)22-7-8-26-11-5-6-12(13(18)9-11)17(19,20)21/h5-6,9-10H,7-8H2,1-4H3,(H,22,25)(H,23,24). The van der Waals surface area contributed by atoms with Crippen molar-refractivity contribution >= 4 is 11.8 Å². The lowest BCUT2D eigenvalue weighted by Crippen LogP contribution is -2.56. The molecule has 0 atom stereocenters. The summed E-state index contributed by atoms with van der Waals surface area (Å²) in [6, 6.07) is 2.23. The van der Waals surface area contributed by atoms with Gasteiger partial charge in [0.15, 0.2) is 0 Å². The topological polar surface area (TPSA) is 67.4 Å². The first kappa shape index (κ1) is 21.7. The molecule has 1 rings (SSSR count). The fourth-order valence-electron chi connectivity index (χ4n) is 1.88. The van der Waals surface area contributed by atoms with Crippen molar-refractivity contribution in [3.8, 4) is 5.75 Å². The highest BCUT2D eigenvalue weighted by Crippen LogP contribution is 2.32. The number of amides is 2. The number of hydrogen-bond acceptors (Lipinski definition) is 3. The molecule has 0 heterocycles. The van der Waals surface area contributed by atoms with E-state index >= 15 is 0 Å². The molecule has 9 heteroatoms. The zero-order valence-corrected chi connectivity index (χ0v) is 15.0. The number of ether oxygens (including phenoxy) is 1. The van der Waals surface area contributed by atoms with E-state index in [1.165, 1.54) is 13.8 Å². The van der Waals surface area contributed by atoms with E-state index < -0.39 is 29.0 Å². The van der Waals surface area contributed by atoms with E-state index in [1.807, 2.05) is 0 Å². The summed E-state index contributed by atoms with van der Waals surface area (Å²) in [5.74, 6) is -2.52. The van der Waals surface area contributed by atoms with Gasteiger partial charge in [-0.2, -0.15) is 13.2 Å². The van der Waals surface area contributed by atoms with Gasteiger partial charge in [-0.15, -0.1) is 0 Å². The van der Waals surface area contributed by atoms with Crippen LogP contribution in [0, 0.1) is 11.7 Å². The molecule has 0 aromatic heterocycles. The summed E-state index contributed by atoms with van der Waals surface area (Å²) in [5.41, 5.74) is -2.51. The molecule has 1 aromatic rings. The largest absolute Gasteiger partial charge is 0.492 e. The Labute approximate surface area is 149 Å². The molecule has 0 aliphatic rings. The smallest absolute Gasteiger partial charge is 0.419 e. The van der Waals surface area contributed by atoms with Gasteiger partial charge in [0.1, 0.15) is 23.7 Å². The highest BCUT2D eigenvalue weighted by atomic mass is 19.4. The Kier molecular flexibility index (Phi) is 7.00. The summed E-state index contributed by atoms with van der Waals surface area (Å²) < 4.78 is 56.0. The van der Waals surface area contributed by atoms with Crippen LogP contribution in [0.1, 0.15) is 33.3 Å². The first-order valence-electron chi connectivity index (χ1n) is 7.94. The Morgan fingerprint density at radius 1 is 1.19 bits per heavy atom. The van der Waals surface area contributed by atoms with Gasteiger partial charge in [-0.25, -0.2) is 4.39 Å². The Morgan fingerprint density at radius 3 is 2.31 bits per heavy atom. The second kappa shape index (κ2) is 8.37. The van der Waals surface area contributed by atoms with Crippen molar-refractivity contribution in [2.45, 2.75) is 39.4 Å². The van der Waals surface area contributed by atoms with Crippen LogP contribution in [0.2, 0.25) is 0 Å². The quantitative estimate of drug-likeness (QED) is 0.566. The molecule has 0 spiro atoms. The predicted molar refractivity (Wildman–Crippen MR) is 87.0 cm³/mol. The van der Waals surface area contributed by atoms with Crippen molar-refractivity contribution in [1.29, 1.82) is 0 Å². The van der Waals surface area contributed by atoms with Crippen molar-refractivity contribution < 1.29 is 31.9 Å². The minimum atomic E-state index is -4.78. The second-order valence-electron chi connectivity index (χ2n) is 6.51. The summed E-state index contributed by atoms with van der Waals surface area (Å²) in [4.78, 5) is 23.8. The lowest BCUT2D eigenvalue weighted by molar-refractivity contribution is -0.140. The second-order valence-corrected chi connectivity index (χ2v) is 6.51. The number of carbonyl (C=O) groups is 2. The molecule has 0 aliphatic heterocycles. The lowest BCUT2D eigenvalue weighted by Gasteiger charge is -2.26.